The molecular weight excluding hydrogens is 264 g/mol. The number of hydrogen-bond acceptors (Lipinski definition) is 3. The minimum absolute atomic E-state index is 0.594. The SMILES string of the molecule is CCNCc1cc(CN2CCC(C)(CC)CC2)c(C)s1. The zero-order chi connectivity index (χ0) is 14.6. The van der Waals surface area contributed by atoms with Crippen molar-refractivity contribution < 1.29 is 0 Å². The van der Waals surface area contributed by atoms with E-state index in [2.05, 4.69) is 44.0 Å². The number of nitrogens with zero attached hydrogens (tertiary/aromatic N) is 1. The van der Waals surface area contributed by atoms with Gasteiger partial charge in [0.05, 0.1) is 0 Å². The molecule has 1 aliphatic rings. The second-order valence-corrected chi connectivity index (χ2v) is 7.86. The van der Waals surface area contributed by atoms with E-state index in [0.29, 0.717) is 5.41 Å². The van der Waals surface area contributed by atoms with E-state index >= 15 is 0 Å². The van der Waals surface area contributed by atoms with Gasteiger partial charge in [0.25, 0.3) is 0 Å². The maximum Gasteiger partial charge on any atom is 0.0299 e. The van der Waals surface area contributed by atoms with Crippen molar-refractivity contribution >= 4 is 11.3 Å². The van der Waals surface area contributed by atoms with Crippen LogP contribution in [-0.2, 0) is 13.1 Å². The van der Waals surface area contributed by atoms with E-state index in [1.165, 1.54) is 42.1 Å². The Morgan fingerprint density at radius 2 is 2.00 bits per heavy atom. The highest BCUT2D eigenvalue weighted by Gasteiger charge is 2.28. The molecule has 0 spiro atoms. The molecule has 2 rings (SSSR count). The van der Waals surface area contributed by atoms with Crippen molar-refractivity contribution in [3.63, 3.8) is 0 Å². The fourth-order valence-electron chi connectivity index (χ4n) is 2.93. The summed E-state index contributed by atoms with van der Waals surface area (Å²) in [5.41, 5.74) is 2.14. The lowest BCUT2D eigenvalue weighted by atomic mass is 9.78. The first-order chi connectivity index (χ1) is 9.56. The molecule has 114 valence electrons. The fraction of sp³-hybridized carbons (Fsp3) is 0.765. The first-order valence-electron chi connectivity index (χ1n) is 8.07. The average molecular weight is 295 g/mol. The molecule has 0 unspecified atom stereocenters. The highest BCUT2D eigenvalue weighted by atomic mass is 32.1. The molecular formula is C17H30N2S. The minimum atomic E-state index is 0.594. The molecule has 0 aromatic carbocycles. The predicted molar refractivity (Wildman–Crippen MR) is 89.3 cm³/mol. The zero-order valence-corrected chi connectivity index (χ0v) is 14.4. The number of thiophene rings is 1. The van der Waals surface area contributed by atoms with Gasteiger partial charge in [-0.1, -0.05) is 27.2 Å². The van der Waals surface area contributed by atoms with Crippen LogP contribution in [0.5, 0.6) is 0 Å². The number of piperidine rings is 1. The monoisotopic (exact) mass is 294 g/mol. The molecule has 1 aromatic heterocycles. The Labute approximate surface area is 128 Å². The molecule has 20 heavy (non-hydrogen) atoms. The van der Waals surface area contributed by atoms with Crippen molar-refractivity contribution in [2.45, 2.75) is 60.0 Å². The molecule has 1 aromatic rings. The fourth-order valence-corrected chi connectivity index (χ4v) is 3.95. The third-order valence-electron chi connectivity index (χ3n) is 4.93. The predicted octanol–water partition coefficient (Wildman–Crippen LogP) is 4.18. The summed E-state index contributed by atoms with van der Waals surface area (Å²) in [7, 11) is 0. The summed E-state index contributed by atoms with van der Waals surface area (Å²) < 4.78 is 0. The lowest BCUT2D eigenvalue weighted by Gasteiger charge is -2.38. The summed E-state index contributed by atoms with van der Waals surface area (Å²) in [6.07, 6.45) is 4.04. The number of likely N-dealkylation sites (tertiary alicyclic amines) is 1. The first kappa shape index (κ1) is 16.0. The number of hydrogen-bond donors (Lipinski definition) is 1. The van der Waals surface area contributed by atoms with Gasteiger partial charge < -0.3 is 5.32 Å². The van der Waals surface area contributed by atoms with Crippen LogP contribution in [0.1, 0.15) is 55.4 Å². The highest BCUT2D eigenvalue weighted by Crippen LogP contribution is 2.34. The summed E-state index contributed by atoms with van der Waals surface area (Å²) in [5, 5.41) is 3.42. The molecule has 3 heteroatoms. The topological polar surface area (TPSA) is 15.3 Å². The van der Waals surface area contributed by atoms with Gasteiger partial charge in [-0.05, 0) is 56.4 Å². The quantitative estimate of drug-likeness (QED) is 0.847. The Bertz CT molecular complexity index is 417. The van der Waals surface area contributed by atoms with Crippen molar-refractivity contribution in [1.82, 2.24) is 10.2 Å². The second-order valence-electron chi connectivity index (χ2n) is 6.51. The molecule has 0 atom stereocenters. The van der Waals surface area contributed by atoms with Crippen LogP contribution in [-0.4, -0.2) is 24.5 Å². The van der Waals surface area contributed by atoms with E-state index in [4.69, 9.17) is 0 Å². The zero-order valence-electron chi connectivity index (χ0n) is 13.6. The van der Waals surface area contributed by atoms with Gasteiger partial charge in [0.15, 0.2) is 0 Å². The van der Waals surface area contributed by atoms with Crippen molar-refractivity contribution in [1.29, 1.82) is 0 Å². The molecule has 2 heterocycles. The van der Waals surface area contributed by atoms with Crippen LogP contribution in [0.25, 0.3) is 0 Å². The van der Waals surface area contributed by atoms with Crippen LogP contribution in [0.4, 0.5) is 0 Å². The Hall–Kier alpha value is -0.380. The maximum atomic E-state index is 3.42. The Kier molecular flexibility index (Phi) is 5.65. The van der Waals surface area contributed by atoms with Crippen LogP contribution in [0, 0.1) is 12.3 Å². The van der Waals surface area contributed by atoms with Crippen molar-refractivity contribution in [3.8, 4) is 0 Å². The standard InChI is InChI=1S/C17H30N2S/c1-5-17(4)7-9-19(10-8-17)13-15-11-16(12-18-6-2)20-14(15)3/h11,18H,5-10,12-13H2,1-4H3. The molecule has 1 N–H and O–H groups in total. The Morgan fingerprint density at radius 1 is 1.30 bits per heavy atom. The average Bonchev–Trinajstić information content (AvgIpc) is 2.80. The third-order valence-corrected chi connectivity index (χ3v) is 6.02. The summed E-state index contributed by atoms with van der Waals surface area (Å²) in [5.74, 6) is 0. The Morgan fingerprint density at radius 3 is 2.60 bits per heavy atom. The number of nitrogens with one attached hydrogen (secondary N) is 1. The van der Waals surface area contributed by atoms with Crippen molar-refractivity contribution in [2.75, 3.05) is 19.6 Å². The van der Waals surface area contributed by atoms with E-state index in [-0.39, 0.29) is 0 Å². The smallest absolute Gasteiger partial charge is 0.0299 e. The van der Waals surface area contributed by atoms with Crippen LogP contribution in [0.15, 0.2) is 6.07 Å². The van der Waals surface area contributed by atoms with Crippen molar-refractivity contribution in [2.24, 2.45) is 5.41 Å². The van der Waals surface area contributed by atoms with Gasteiger partial charge in [-0.15, -0.1) is 11.3 Å². The normalized spacial score (nSPS) is 19.4. The summed E-state index contributed by atoms with van der Waals surface area (Å²) in [6, 6.07) is 2.41. The van der Waals surface area contributed by atoms with Crippen LogP contribution < -0.4 is 5.32 Å². The molecule has 0 bridgehead atoms. The van der Waals surface area contributed by atoms with Gasteiger partial charge in [0, 0.05) is 22.8 Å². The largest absolute Gasteiger partial charge is 0.312 e. The molecule has 1 saturated heterocycles. The maximum absolute atomic E-state index is 3.42. The Balaban J connectivity index is 1.89. The highest BCUT2D eigenvalue weighted by molar-refractivity contribution is 7.12. The van der Waals surface area contributed by atoms with Gasteiger partial charge in [-0.2, -0.15) is 0 Å². The van der Waals surface area contributed by atoms with Crippen molar-refractivity contribution in [3.05, 3.63) is 21.4 Å². The van der Waals surface area contributed by atoms with Gasteiger partial charge in [-0.25, -0.2) is 0 Å². The minimum Gasteiger partial charge on any atom is -0.312 e. The molecule has 0 amide bonds. The van der Waals surface area contributed by atoms with Gasteiger partial charge in [-0.3, -0.25) is 4.90 Å². The van der Waals surface area contributed by atoms with Gasteiger partial charge in [0.1, 0.15) is 0 Å². The second kappa shape index (κ2) is 7.06. The first-order valence-corrected chi connectivity index (χ1v) is 8.89. The number of rotatable bonds is 6. The van der Waals surface area contributed by atoms with Gasteiger partial charge >= 0.3 is 0 Å². The molecule has 0 aliphatic carbocycles. The lowest BCUT2D eigenvalue weighted by molar-refractivity contribution is 0.109. The van der Waals surface area contributed by atoms with Crippen LogP contribution in [0.3, 0.4) is 0 Å². The molecule has 0 saturated carbocycles. The number of aryl methyl sites for hydroxylation is 1. The van der Waals surface area contributed by atoms with E-state index in [1.807, 2.05) is 11.3 Å². The summed E-state index contributed by atoms with van der Waals surface area (Å²) in [4.78, 5) is 5.63. The summed E-state index contributed by atoms with van der Waals surface area (Å²) >= 11 is 1.96. The van der Waals surface area contributed by atoms with Crippen LogP contribution in [0.2, 0.25) is 0 Å². The molecule has 1 fully saturated rings. The van der Waals surface area contributed by atoms with E-state index in [0.717, 1.165) is 19.6 Å². The van der Waals surface area contributed by atoms with E-state index < -0.39 is 0 Å². The van der Waals surface area contributed by atoms with Gasteiger partial charge in [0.2, 0.25) is 0 Å². The molecule has 2 nitrogen and oxygen atoms in total. The molecule has 1 aliphatic heterocycles. The van der Waals surface area contributed by atoms with Crippen LogP contribution >= 0.6 is 11.3 Å². The molecule has 0 radical (unpaired) electrons. The van der Waals surface area contributed by atoms with E-state index in [9.17, 15) is 0 Å². The lowest BCUT2D eigenvalue weighted by Crippen LogP contribution is -2.37. The third kappa shape index (κ3) is 4.06. The van der Waals surface area contributed by atoms with E-state index in [1.54, 1.807) is 5.56 Å². The summed E-state index contributed by atoms with van der Waals surface area (Å²) in [6.45, 7) is 15.0.